The average Bonchev–Trinajstić information content (AvgIpc) is 3.32. The van der Waals surface area contributed by atoms with E-state index < -0.39 is 0 Å². The van der Waals surface area contributed by atoms with Crippen molar-refractivity contribution in [3.05, 3.63) is 57.0 Å². The number of amides is 1. The Hall–Kier alpha value is -2.54. The van der Waals surface area contributed by atoms with Crippen molar-refractivity contribution in [2.45, 2.75) is 31.8 Å². The first-order valence-electron chi connectivity index (χ1n) is 8.38. The molecule has 0 spiro atoms. The molecule has 6 nitrogen and oxygen atoms in total. The summed E-state index contributed by atoms with van der Waals surface area (Å²) in [6, 6.07) is 9.37. The Balaban J connectivity index is 1.49. The van der Waals surface area contributed by atoms with Crippen LogP contribution in [0.15, 0.2) is 45.9 Å². The number of fused-ring (bicyclic) bond motifs is 1. The zero-order valence-electron chi connectivity index (χ0n) is 13.7. The van der Waals surface area contributed by atoms with Crippen LogP contribution >= 0.6 is 11.3 Å². The highest BCUT2D eigenvalue weighted by Gasteiger charge is 2.29. The first kappa shape index (κ1) is 16.0. The summed E-state index contributed by atoms with van der Waals surface area (Å²) >= 11 is 1.65. The van der Waals surface area contributed by atoms with E-state index >= 15 is 0 Å². The Morgan fingerprint density at radius 1 is 1.28 bits per heavy atom. The number of thiophene rings is 1. The van der Waals surface area contributed by atoms with Crippen LogP contribution in [-0.2, 0) is 11.3 Å². The summed E-state index contributed by atoms with van der Waals surface area (Å²) in [5.74, 6) is 0.0653. The maximum Gasteiger partial charge on any atom is 0.277 e. The van der Waals surface area contributed by atoms with Gasteiger partial charge in [-0.2, -0.15) is 11.3 Å². The van der Waals surface area contributed by atoms with E-state index in [0.29, 0.717) is 10.9 Å². The van der Waals surface area contributed by atoms with Gasteiger partial charge in [-0.25, -0.2) is 4.68 Å². The van der Waals surface area contributed by atoms with E-state index in [9.17, 15) is 9.59 Å². The molecule has 7 heteroatoms. The van der Waals surface area contributed by atoms with Crippen molar-refractivity contribution in [1.82, 2.24) is 19.9 Å². The van der Waals surface area contributed by atoms with Gasteiger partial charge in [-0.15, -0.1) is 5.10 Å². The molecule has 1 amide bonds. The summed E-state index contributed by atoms with van der Waals surface area (Å²) in [4.78, 5) is 27.0. The van der Waals surface area contributed by atoms with Crippen LogP contribution in [0.2, 0.25) is 0 Å². The summed E-state index contributed by atoms with van der Waals surface area (Å²) in [5.41, 5.74) is 1.58. The van der Waals surface area contributed by atoms with Gasteiger partial charge in [0.25, 0.3) is 5.56 Å². The highest BCUT2D eigenvalue weighted by molar-refractivity contribution is 7.08. The van der Waals surface area contributed by atoms with Crippen molar-refractivity contribution >= 4 is 28.1 Å². The van der Waals surface area contributed by atoms with E-state index in [4.69, 9.17) is 0 Å². The maximum atomic E-state index is 12.7. The predicted molar refractivity (Wildman–Crippen MR) is 96.4 cm³/mol. The molecule has 2 aromatic heterocycles. The molecule has 128 valence electrons. The fraction of sp³-hybridized carbons (Fsp3) is 0.333. The number of likely N-dealkylation sites (tertiary alicyclic amines) is 1. The fourth-order valence-corrected chi connectivity index (χ4v) is 4.10. The summed E-state index contributed by atoms with van der Waals surface area (Å²) in [5, 5.41) is 12.7. The van der Waals surface area contributed by atoms with Crippen LogP contribution in [0.3, 0.4) is 0 Å². The van der Waals surface area contributed by atoms with Crippen LogP contribution in [0.1, 0.15) is 30.9 Å². The van der Waals surface area contributed by atoms with Crippen LogP contribution in [0.25, 0.3) is 10.9 Å². The van der Waals surface area contributed by atoms with Crippen LogP contribution in [0, 0.1) is 0 Å². The van der Waals surface area contributed by atoms with Crippen molar-refractivity contribution in [3.63, 3.8) is 0 Å². The fourth-order valence-electron chi connectivity index (χ4n) is 3.39. The molecule has 0 bridgehead atoms. The van der Waals surface area contributed by atoms with Crippen molar-refractivity contribution < 1.29 is 4.79 Å². The van der Waals surface area contributed by atoms with Crippen molar-refractivity contribution in [1.29, 1.82) is 0 Å². The first-order chi connectivity index (χ1) is 12.2. The van der Waals surface area contributed by atoms with Crippen LogP contribution < -0.4 is 5.56 Å². The van der Waals surface area contributed by atoms with E-state index in [1.165, 1.54) is 10.2 Å². The minimum Gasteiger partial charge on any atom is -0.336 e. The van der Waals surface area contributed by atoms with E-state index in [0.717, 1.165) is 19.4 Å². The smallest absolute Gasteiger partial charge is 0.277 e. The normalized spacial score (nSPS) is 17.3. The van der Waals surface area contributed by atoms with Gasteiger partial charge in [0.2, 0.25) is 5.91 Å². The molecule has 3 heterocycles. The van der Waals surface area contributed by atoms with Gasteiger partial charge in [0.15, 0.2) is 0 Å². The zero-order chi connectivity index (χ0) is 17.2. The van der Waals surface area contributed by atoms with Gasteiger partial charge < -0.3 is 4.90 Å². The van der Waals surface area contributed by atoms with Crippen LogP contribution in [0.4, 0.5) is 0 Å². The number of rotatable bonds is 4. The van der Waals surface area contributed by atoms with Gasteiger partial charge in [-0.1, -0.05) is 17.3 Å². The Kier molecular flexibility index (Phi) is 4.31. The number of hydrogen-bond acceptors (Lipinski definition) is 5. The van der Waals surface area contributed by atoms with Gasteiger partial charge in [-0.3, -0.25) is 9.59 Å². The molecule has 0 N–H and O–H groups in total. The van der Waals surface area contributed by atoms with E-state index in [1.807, 2.05) is 16.3 Å². The topological polar surface area (TPSA) is 68.1 Å². The third-order valence-corrected chi connectivity index (χ3v) is 5.37. The number of carbonyl (C=O) groups is 1. The summed E-state index contributed by atoms with van der Waals surface area (Å²) < 4.78 is 1.29. The predicted octanol–water partition coefficient (Wildman–Crippen LogP) is 2.61. The van der Waals surface area contributed by atoms with Gasteiger partial charge in [0.05, 0.1) is 18.0 Å². The van der Waals surface area contributed by atoms with Gasteiger partial charge in [0, 0.05) is 13.0 Å². The van der Waals surface area contributed by atoms with Gasteiger partial charge in [-0.05, 0) is 47.4 Å². The largest absolute Gasteiger partial charge is 0.336 e. The molecule has 25 heavy (non-hydrogen) atoms. The number of aryl methyl sites for hydroxylation is 1. The summed E-state index contributed by atoms with van der Waals surface area (Å²) in [6.07, 6.45) is 2.27. The third-order valence-electron chi connectivity index (χ3n) is 4.67. The average molecular weight is 354 g/mol. The third kappa shape index (κ3) is 3.07. The molecule has 1 aliphatic heterocycles. The Morgan fingerprint density at radius 3 is 3.00 bits per heavy atom. The highest BCUT2D eigenvalue weighted by atomic mass is 32.1. The van der Waals surface area contributed by atoms with Crippen molar-refractivity contribution in [2.24, 2.45) is 0 Å². The molecule has 0 saturated carbocycles. The molecule has 3 aromatic rings. The highest BCUT2D eigenvalue weighted by Crippen LogP contribution is 2.33. The van der Waals surface area contributed by atoms with Crippen molar-refractivity contribution in [2.75, 3.05) is 6.54 Å². The Labute approximate surface area is 148 Å². The van der Waals surface area contributed by atoms with E-state index in [1.54, 1.807) is 29.5 Å². The molecule has 1 aliphatic rings. The van der Waals surface area contributed by atoms with Crippen LogP contribution in [0.5, 0.6) is 0 Å². The summed E-state index contributed by atoms with van der Waals surface area (Å²) in [7, 11) is 0. The quantitative estimate of drug-likeness (QED) is 0.722. The molecular formula is C18H18N4O2S. The lowest BCUT2D eigenvalue weighted by molar-refractivity contribution is -0.132. The minimum absolute atomic E-state index is 0.0653. The number of aromatic nitrogens is 3. The Bertz CT molecular complexity index is 951. The lowest BCUT2D eigenvalue weighted by atomic mass is 10.1. The van der Waals surface area contributed by atoms with Crippen molar-refractivity contribution in [3.8, 4) is 0 Å². The minimum atomic E-state index is -0.200. The number of hydrogen-bond donors (Lipinski definition) is 0. The monoisotopic (exact) mass is 354 g/mol. The second-order valence-corrected chi connectivity index (χ2v) is 6.97. The van der Waals surface area contributed by atoms with Gasteiger partial charge >= 0.3 is 0 Å². The van der Waals surface area contributed by atoms with Gasteiger partial charge in [0.1, 0.15) is 5.52 Å². The molecule has 0 unspecified atom stereocenters. The second-order valence-electron chi connectivity index (χ2n) is 6.19. The number of nitrogens with zero attached hydrogens (tertiary/aromatic N) is 4. The Morgan fingerprint density at radius 2 is 2.16 bits per heavy atom. The molecule has 0 aliphatic carbocycles. The molecule has 1 atom stereocenters. The lowest BCUT2D eigenvalue weighted by Crippen LogP contribution is -2.33. The maximum absolute atomic E-state index is 12.7. The molecule has 1 fully saturated rings. The number of benzene rings is 1. The standard InChI is InChI=1S/C18H18N4O2S/c23-17(21-9-3-6-16(21)13-8-11-25-12-13)7-10-22-18(24)14-4-1-2-5-15(14)19-20-22/h1-2,4-5,8,11-12,16H,3,6-7,9-10H2/t16-/m0/s1. The molecule has 1 aromatic carbocycles. The van der Waals surface area contributed by atoms with Crippen LogP contribution in [-0.4, -0.2) is 32.3 Å². The molecule has 4 rings (SSSR count). The first-order valence-corrected chi connectivity index (χ1v) is 9.32. The lowest BCUT2D eigenvalue weighted by Gasteiger charge is -2.24. The SMILES string of the molecule is O=C(CCn1nnc2ccccc2c1=O)N1CCC[C@H]1c1ccsc1. The summed E-state index contributed by atoms with van der Waals surface area (Å²) in [6.45, 7) is 1.03. The number of carbonyl (C=O) groups excluding carboxylic acids is 1. The van der Waals surface area contributed by atoms with E-state index in [-0.39, 0.29) is 30.5 Å². The molecule has 1 saturated heterocycles. The second kappa shape index (κ2) is 6.76. The molecule has 0 radical (unpaired) electrons. The zero-order valence-corrected chi connectivity index (χ0v) is 14.5. The molecular weight excluding hydrogens is 336 g/mol. The van der Waals surface area contributed by atoms with E-state index in [2.05, 4.69) is 21.8 Å².